The number of nitrogens with one attached hydrogen (secondary N) is 1. The molecule has 0 aliphatic carbocycles. The van der Waals surface area contributed by atoms with Crippen molar-refractivity contribution in [1.29, 1.82) is 0 Å². The minimum atomic E-state index is -0.0893. The fourth-order valence-electron chi connectivity index (χ4n) is 4.07. The summed E-state index contributed by atoms with van der Waals surface area (Å²) in [6, 6.07) is 4.04. The molecule has 0 spiro atoms. The highest BCUT2D eigenvalue weighted by atomic mass is 16.5. The van der Waals surface area contributed by atoms with Crippen LogP contribution in [0.5, 0.6) is 0 Å². The highest BCUT2D eigenvalue weighted by Crippen LogP contribution is 2.24. The molecule has 150 valence electrons. The van der Waals surface area contributed by atoms with Gasteiger partial charge in [0.05, 0.1) is 13.2 Å². The van der Waals surface area contributed by atoms with Gasteiger partial charge in [-0.05, 0) is 44.7 Å². The van der Waals surface area contributed by atoms with Gasteiger partial charge in [0.1, 0.15) is 11.6 Å². The van der Waals surface area contributed by atoms with Gasteiger partial charge in [-0.25, -0.2) is 9.97 Å². The van der Waals surface area contributed by atoms with Crippen molar-refractivity contribution in [2.24, 2.45) is 5.92 Å². The summed E-state index contributed by atoms with van der Waals surface area (Å²) < 4.78 is 5.46. The van der Waals surface area contributed by atoms with Gasteiger partial charge in [-0.1, -0.05) is 0 Å². The van der Waals surface area contributed by atoms with E-state index >= 15 is 0 Å². The smallest absolute Gasteiger partial charge is 0.254 e. The van der Waals surface area contributed by atoms with E-state index in [0.29, 0.717) is 17.3 Å². The molecule has 4 heterocycles. The molecule has 0 aromatic carbocycles. The molecule has 28 heavy (non-hydrogen) atoms. The summed E-state index contributed by atoms with van der Waals surface area (Å²) in [4.78, 5) is 28.9. The van der Waals surface area contributed by atoms with Crippen molar-refractivity contribution in [2.75, 3.05) is 50.8 Å². The number of aromatic amines is 1. The Morgan fingerprint density at radius 1 is 1.21 bits per heavy atom. The first-order valence-corrected chi connectivity index (χ1v) is 10.2. The number of morpholine rings is 1. The number of aromatic nitrogens is 3. The van der Waals surface area contributed by atoms with Crippen LogP contribution in [0.3, 0.4) is 0 Å². The Morgan fingerprint density at radius 3 is 2.75 bits per heavy atom. The molecule has 2 aromatic heterocycles. The molecule has 0 radical (unpaired) electrons. The third-order valence-corrected chi connectivity index (χ3v) is 5.88. The van der Waals surface area contributed by atoms with Crippen LogP contribution in [-0.2, 0) is 4.74 Å². The molecule has 7 nitrogen and oxygen atoms in total. The Bertz CT molecular complexity index is 858. The maximum absolute atomic E-state index is 12.0. The van der Waals surface area contributed by atoms with Crippen LogP contribution in [0.4, 0.5) is 5.82 Å². The van der Waals surface area contributed by atoms with Crippen LogP contribution in [0.25, 0.3) is 11.4 Å². The average molecular weight is 383 g/mol. The van der Waals surface area contributed by atoms with Gasteiger partial charge in [0.25, 0.3) is 5.56 Å². The number of hydrogen-bond acceptors (Lipinski definition) is 6. The number of rotatable bonds is 4. The van der Waals surface area contributed by atoms with E-state index in [1.807, 2.05) is 25.3 Å². The molecule has 0 amide bonds. The van der Waals surface area contributed by atoms with Crippen LogP contribution >= 0.6 is 0 Å². The van der Waals surface area contributed by atoms with Crippen molar-refractivity contribution >= 4 is 5.82 Å². The highest BCUT2D eigenvalue weighted by molar-refractivity contribution is 5.56. The Balaban J connectivity index is 1.44. The first-order chi connectivity index (χ1) is 13.6. The molecule has 1 unspecified atom stereocenters. The standard InChI is InChI=1S/C21H29N5O2/c1-15-16(2)23-20(24-21(15)27)18-5-6-19(22-12-18)26-7-3-4-17(14-26)13-25-8-10-28-11-9-25/h5-6,12,17H,3-4,7-11,13-14H2,1-2H3,(H,23,24,27). The van der Waals surface area contributed by atoms with Gasteiger partial charge in [-0.3, -0.25) is 9.69 Å². The van der Waals surface area contributed by atoms with Gasteiger partial charge >= 0.3 is 0 Å². The molecular weight excluding hydrogens is 354 g/mol. The molecule has 7 heteroatoms. The molecule has 2 aliphatic rings. The number of ether oxygens (including phenoxy) is 1. The van der Waals surface area contributed by atoms with Gasteiger partial charge in [0.15, 0.2) is 0 Å². The monoisotopic (exact) mass is 383 g/mol. The summed E-state index contributed by atoms with van der Waals surface area (Å²) in [5, 5.41) is 0. The second kappa shape index (κ2) is 8.41. The minimum absolute atomic E-state index is 0.0893. The van der Waals surface area contributed by atoms with Crippen LogP contribution in [0.2, 0.25) is 0 Å². The summed E-state index contributed by atoms with van der Waals surface area (Å²) in [5.74, 6) is 2.25. The second-order valence-corrected chi connectivity index (χ2v) is 7.90. The predicted molar refractivity (Wildman–Crippen MR) is 110 cm³/mol. The van der Waals surface area contributed by atoms with E-state index in [1.54, 1.807) is 6.92 Å². The topological polar surface area (TPSA) is 74.4 Å². The molecule has 0 bridgehead atoms. The molecule has 2 aliphatic heterocycles. The number of H-pyrrole nitrogens is 1. The van der Waals surface area contributed by atoms with Gasteiger partial charge in [-0.15, -0.1) is 0 Å². The van der Waals surface area contributed by atoms with E-state index in [9.17, 15) is 4.79 Å². The molecule has 1 atom stereocenters. The third kappa shape index (κ3) is 4.25. The molecular formula is C21H29N5O2. The van der Waals surface area contributed by atoms with Gasteiger partial charge in [0, 0.05) is 55.7 Å². The molecule has 2 saturated heterocycles. The normalized spacial score (nSPS) is 21.1. The van der Waals surface area contributed by atoms with Gasteiger partial charge in [0.2, 0.25) is 0 Å². The van der Waals surface area contributed by atoms with E-state index in [-0.39, 0.29) is 5.56 Å². The Labute approximate surface area is 165 Å². The predicted octanol–water partition coefficient (Wildman–Crippen LogP) is 2.00. The first-order valence-electron chi connectivity index (χ1n) is 10.2. The number of aryl methyl sites for hydroxylation is 1. The van der Waals surface area contributed by atoms with Crippen molar-refractivity contribution in [3.05, 3.63) is 39.9 Å². The maximum Gasteiger partial charge on any atom is 0.254 e. The second-order valence-electron chi connectivity index (χ2n) is 7.90. The fraction of sp³-hybridized carbons (Fsp3) is 0.571. The first kappa shape index (κ1) is 19.1. The average Bonchev–Trinajstić information content (AvgIpc) is 2.73. The minimum Gasteiger partial charge on any atom is -0.379 e. The lowest BCUT2D eigenvalue weighted by Crippen LogP contribution is -2.44. The Hall–Kier alpha value is -2.25. The van der Waals surface area contributed by atoms with Crippen molar-refractivity contribution in [1.82, 2.24) is 19.9 Å². The largest absolute Gasteiger partial charge is 0.379 e. The lowest BCUT2D eigenvalue weighted by Gasteiger charge is -2.37. The van der Waals surface area contributed by atoms with Crippen LogP contribution in [0.15, 0.2) is 23.1 Å². The lowest BCUT2D eigenvalue weighted by atomic mass is 9.97. The number of nitrogens with zero attached hydrogens (tertiary/aromatic N) is 4. The molecule has 2 fully saturated rings. The van der Waals surface area contributed by atoms with Crippen LogP contribution < -0.4 is 10.5 Å². The summed E-state index contributed by atoms with van der Waals surface area (Å²) in [6.45, 7) is 10.7. The zero-order valence-corrected chi connectivity index (χ0v) is 16.8. The van der Waals surface area contributed by atoms with E-state index in [1.165, 1.54) is 12.8 Å². The Morgan fingerprint density at radius 2 is 2.04 bits per heavy atom. The molecule has 1 N–H and O–H groups in total. The maximum atomic E-state index is 12.0. The zero-order valence-electron chi connectivity index (χ0n) is 16.8. The number of anilines is 1. The number of piperidine rings is 1. The van der Waals surface area contributed by atoms with E-state index in [2.05, 4.69) is 24.8 Å². The fourth-order valence-corrected chi connectivity index (χ4v) is 4.07. The summed E-state index contributed by atoms with van der Waals surface area (Å²) in [7, 11) is 0. The third-order valence-electron chi connectivity index (χ3n) is 5.88. The van der Waals surface area contributed by atoms with Gasteiger partial charge < -0.3 is 14.6 Å². The molecule has 0 saturated carbocycles. The highest BCUT2D eigenvalue weighted by Gasteiger charge is 2.24. The summed E-state index contributed by atoms with van der Waals surface area (Å²) >= 11 is 0. The van der Waals surface area contributed by atoms with Gasteiger partial charge in [-0.2, -0.15) is 0 Å². The zero-order chi connectivity index (χ0) is 19.5. The van der Waals surface area contributed by atoms with E-state index in [0.717, 1.165) is 63.0 Å². The summed E-state index contributed by atoms with van der Waals surface area (Å²) in [6.07, 6.45) is 4.29. The Kier molecular flexibility index (Phi) is 5.73. The summed E-state index contributed by atoms with van der Waals surface area (Å²) in [5.41, 5.74) is 2.16. The van der Waals surface area contributed by atoms with E-state index < -0.39 is 0 Å². The van der Waals surface area contributed by atoms with Crippen LogP contribution in [0, 0.1) is 19.8 Å². The van der Waals surface area contributed by atoms with Crippen molar-refractivity contribution in [3.8, 4) is 11.4 Å². The van der Waals surface area contributed by atoms with Crippen molar-refractivity contribution in [2.45, 2.75) is 26.7 Å². The SMILES string of the molecule is Cc1nc(-c2ccc(N3CCCC(CN4CCOCC4)C3)nc2)[nH]c(=O)c1C. The molecule has 2 aromatic rings. The van der Waals surface area contributed by atoms with Crippen molar-refractivity contribution < 1.29 is 4.74 Å². The van der Waals surface area contributed by atoms with E-state index in [4.69, 9.17) is 4.74 Å². The van der Waals surface area contributed by atoms with Crippen molar-refractivity contribution in [3.63, 3.8) is 0 Å². The lowest BCUT2D eigenvalue weighted by molar-refractivity contribution is 0.0296. The number of pyridine rings is 1. The van der Waals surface area contributed by atoms with Crippen LogP contribution in [0.1, 0.15) is 24.1 Å². The quantitative estimate of drug-likeness (QED) is 0.870. The van der Waals surface area contributed by atoms with Crippen LogP contribution in [-0.4, -0.2) is 65.8 Å². The number of hydrogen-bond donors (Lipinski definition) is 1. The molecule has 4 rings (SSSR count).